The van der Waals surface area contributed by atoms with E-state index in [4.69, 9.17) is 0 Å². The molecule has 0 spiro atoms. The highest BCUT2D eigenvalue weighted by molar-refractivity contribution is 5.80. The van der Waals surface area contributed by atoms with Crippen LogP contribution >= 0.6 is 0 Å². The summed E-state index contributed by atoms with van der Waals surface area (Å²) in [6.07, 6.45) is 7.41. The van der Waals surface area contributed by atoms with E-state index in [1.165, 1.54) is 30.4 Å². The summed E-state index contributed by atoms with van der Waals surface area (Å²) >= 11 is 0. The number of benzene rings is 1. The van der Waals surface area contributed by atoms with Gasteiger partial charge in [-0.25, -0.2) is 0 Å². The van der Waals surface area contributed by atoms with E-state index in [0.717, 1.165) is 38.8 Å². The molecule has 1 aliphatic heterocycles. The van der Waals surface area contributed by atoms with E-state index in [9.17, 15) is 9.59 Å². The average Bonchev–Trinajstić information content (AvgIpc) is 2.69. The van der Waals surface area contributed by atoms with Gasteiger partial charge >= 0.3 is 0 Å². The maximum Gasteiger partial charge on any atom is 0.234 e. The molecular weight excluding hydrogens is 350 g/mol. The summed E-state index contributed by atoms with van der Waals surface area (Å²) in [5.41, 5.74) is 2.53. The lowest BCUT2D eigenvalue weighted by Crippen LogP contribution is -2.46. The van der Waals surface area contributed by atoms with Crippen LogP contribution in [0, 0.1) is 12.8 Å². The van der Waals surface area contributed by atoms with E-state index in [1.807, 2.05) is 12.1 Å². The molecule has 1 atom stereocenters. The van der Waals surface area contributed by atoms with E-state index < -0.39 is 0 Å². The SMILES string of the molecule is CCCCCCNC(=O)C1CCCN(CC(=O)NCCc2ccccc2C)C1. The molecule has 0 radical (unpaired) electrons. The third-order valence-electron chi connectivity index (χ3n) is 5.55. The van der Waals surface area contributed by atoms with Crippen LogP contribution in [-0.2, 0) is 16.0 Å². The fraction of sp³-hybridized carbons (Fsp3) is 0.652. The van der Waals surface area contributed by atoms with Crippen molar-refractivity contribution in [3.8, 4) is 0 Å². The summed E-state index contributed by atoms with van der Waals surface area (Å²) in [6.45, 7) is 7.67. The van der Waals surface area contributed by atoms with Crippen molar-refractivity contribution in [1.29, 1.82) is 0 Å². The van der Waals surface area contributed by atoms with Gasteiger partial charge in [0.15, 0.2) is 0 Å². The van der Waals surface area contributed by atoms with Crippen molar-refractivity contribution in [2.75, 3.05) is 32.7 Å². The lowest BCUT2D eigenvalue weighted by molar-refractivity contribution is -0.128. The molecule has 0 aromatic heterocycles. The Morgan fingerprint density at radius 1 is 1.11 bits per heavy atom. The van der Waals surface area contributed by atoms with E-state index in [1.54, 1.807) is 0 Å². The van der Waals surface area contributed by atoms with Crippen LogP contribution in [0.3, 0.4) is 0 Å². The molecule has 0 saturated carbocycles. The Hall–Kier alpha value is -1.88. The van der Waals surface area contributed by atoms with Gasteiger partial charge in [-0.1, -0.05) is 50.5 Å². The first kappa shape index (κ1) is 22.4. The quantitative estimate of drug-likeness (QED) is 0.574. The highest BCUT2D eigenvalue weighted by Gasteiger charge is 2.26. The summed E-state index contributed by atoms with van der Waals surface area (Å²) < 4.78 is 0. The van der Waals surface area contributed by atoms with Gasteiger partial charge in [0.25, 0.3) is 0 Å². The van der Waals surface area contributed by atoms with Crippen LogP contribution in [0.25, 0.3) is 0 Å². The molecule has 5 heteroatoms. The number of amides is 2. The minimum atomic E-state index is 0.0136. The maximum absolute atomic E-state index is 12.4. The predicted octanol–water partition coefficient (Wildman–Crippen LogP) is 3.06. The standard InChI is InChI=1S/C23H37N3O2/c1-3-4-5-8-14-25-23(28)21-12-9-16-26(17-21)18-22(27)24-15-13-20-11-7-6-10-19(20)2/h6-7,10-11,21H,3-5,8-9,12-18H2,1-2H3,(H,24,27)(H,25,28). The number of carbonyl (C=O) groups is 2. The molecule has 28 heavy (non-hydrogen) atoms. The van der Waals surface area contributed by atoms with E-state index in [2.05, 4.69) is 41.5 Å². The van der Waals surface area contributed by atoms with Gasteiger partial charge in [-0.15, -0.1) is 0 Å². The zero-order valence-corrected chi connectivity index (χ0v) is 17.6. The molecule has 2 rings (SSSR count). The van der Waals surface area contributed by atoms with E-state index in [-0.39, 0.29) is 17.7 Å². The highest BCUT2D eigenvalue weighted by atomic mass is 16.2. The van der Waals surface area contributed by atoms with Crippen molar-refractivity contribution in [1.82, 2.24) is 15.5 Å². The second kappa shape index (κ2) is 12.6. The van der Waals surface area contributed by atoms with Crippen LogP contribution in [0.4, 0.5) is 0 Å². The molecule has 1 aromatic carbocycles. The number of nitrogens with zero attached hydrogens (tertiary/aromatic N) is 1. The van der Waals surface area contributed by atoms with Crippen molar-refractivity contribution in [2.45, 2.75) is 58.8 Å². The Labute approximate surface area is 170 Å². The van der Waals surface area contributed by atoms with Crippen LogP contribution in [0.1, 0.15) is 56.6 Å². The first-order valence-corrected chi connectivity index (χ1v) is 10.9. The third-order valence-corrected chi connectivity index (χ3v) is 5.55. The van der Waals surface area contributed by atoms with Gasteiger partial charge in [-0.3, -0.25) is 14.5 Å². The maximum atomic E-state index is 12.4. The Balaban J connectivity index is 1.65. The molecule has 0 bridgehead atoms. The van der Waals surface area contributed by atoms with Gasteiger partial charge in [0, 0.05) is 19.6 Å². The smallest absolute Gasteiger partial charge is 0.234 e. The first-order chi connectivity index (χ1) is 13.6. The number of piperidine rings is 1. The van der Waals surface area contributed by atoms with Crippen molar-refractivity contribution >= 4 is 11.8 Å². The number of hydrogen-bond donors (Lipinski definition) is 2. The number of hydrogen-bond acceptors (Lipinski definition) is 3. The van der Waals surface area contributed by atoms with E-state index in [0.29, 0.717) is 19.6 Å². The fourth-order valence-electron chi connectivity index (χ4n) is 3.81. The second-order valence-corrected chi connectivity index (χ2v) is 7.95. The van der Waals surface area contributed by atoms with Crippen LogP contribution in [0.15, 0.2) is 24.3 Å². The number of nitrogens with one attached hydrogen (secondary N) is 2. The van der Waals surface area contributed by atoms with Gasteiger partial charge in [-0.05, 0) is 50.3 Å². The van der Waals surface area contributed by atoms with Gasteiger partial charge in [0.2, 0.25) is 11.8 Å². The lowest BCUT2D eigenvalue weighted by Gasteiger charge is -2.31. The minimum Gasteiger partial charge on any atom is -0.356 e. The molecule has 1 unspecified atom stereocenters. The number of carbonyl (C=O) groups excluding carboxylic acids is 2. The molecule has 5 nitrogen and oxygen atoms in total. The monoisotopic (exact) mass is 387 g/mol. The molecular formula is C23H37N3O2. The summed E-state index contributed by atoms with van der Waals surface area (Å²) in [5, 5.41) is 6.10. The van der Waals surface area contributed by atoms with Crippen LogP contribution in [0.2, 0.25) is 0 Å². The number of likely N-dealkylation sites (tertiary alicyclic amines) is 1. The molecule has 1 saturated heterocycles. The first-order valence-electron chi connectivity index (χ1n) is 10.9. The Morgan fingerprint density at radius 2 is 1.93 bits per heavy atom. The molecule has 1 aliphatic rings. The van der Waals surface area contributed by atoms with Gasteiger partial charge < -0.3 is 10.6 Å². The van der Waals surface area contributed by atoms with Crippen LogP contribution in [-0.4, -0.2) is 49.4 Å². The van der Waals surface area contributed by atoms with Crippen molar-refractivity contribution in [3.63, 3.8) is 0 Å². The minimum absolute atomic E-state index is 0.0136. The molecule has 1 aromatic rings. The number of unbranched alkanes of at least 4 members (excludes halogenated alkanes) is 3. The molecule has 1 heterocycles. The third kappa shape index (κ3) is 8.01. The zero-order valence-electron chi connectivity index (χ0n) is 17.6. The Morgan fingerprint density at radius 3 is 2.71 bits per heavy atom. The van der Waals surface area contributed by atoms with Crippen LogP contribution in [0.5, 0.6) is 0 Å². The number of rotatable bonds is 11. The molecule has 0 aliphatic carbocycles. The average molecular weight is 388 g/mol. The Bertz CT molecular complexity index is 618. The van der Waals surface area contributed by atoms with Crippen LogP contribution < -0.4 is 10.6 Å². The van der Waals surface area contributed by atoms with E-state index >= 15 is 0 Å². The summed E-state index contributed by atoms with van der Waals surface area (Å²) in [6, 6.07) is 8.27. The lowest BCUT2D eigenvalue weighted by atomic mass is 9.97. The van der Waals surface area contributed by atoms with Gasteiger partial charge in [-0.2, -0.15) is 0 Å². The molecule has 156 valence electrons. The molecule has 2 N–H and O–H groups in total. The van der Waals surface area contributed by atoms with Gasteiger partial charge in [0.05, 0.1) is 12.5 Å². The largest absolute Gasteiger partial charge is 0.356 e. The predicted molar refractivity (Wildman–Crippen MR) is 114 cm³/mol. The number of aryl methyl sites for hydroxylation is 1. The topological polar surface area (TPSA) is 61.4 Å². The summed E-state index contributed by atoms with van der Waals surface area (Å²) in [7, 11) is 0. The molecule has 2 amide bonds. The molecule has 1 fully saturated rings. The van der Waals surface area contributed by atoms with Gasteiger partial charge in [0.1, 0.15) is 0 Å². The second-order valence-electron chi connectivity index (χ2n) is 7.95. The van der Waals surface area contributed by atoms with Crippen molar-refractivity contribution in [2.24, 2.45) is 5.92 Å². The summed E-state index contributed by atoms with van der Waals surface area (Å²) in [4.78, 5) is 26.8. The zero-order chi connectivity index (χ0) is 20.2. The fourth-order valence-corrected chi connectivity index (χ4v) is 3.81. The Kier molecular flexibility index (Phi) is 10.0. The normalized spacial score (nSPS) is 17.3. The van der Waals surface area contributed by atoms with Crippen molar-refractivity contribution in [3.05, 3.63) is 35.4 Å². The highest BCUT2D eigenvalue weighted by Crippen LogP contribution is 2.16. The summed E-state index contributed by atoms with van der Waals surface area (Å²) in [5.74, 6) is 0.218. The van der Waals surface area contributed by atoms with Crippen molar-refractivity contribution < 1.29 is 9.59 Å².